The van der Waals surface area contributed by atoms with Crippen LogP contribution in [0.4, 0.5) is 17.6 Å². The lowest BCUT2D eigenvalue weighted by Gasteiger charge is -2.11. The lowest BCUT2D eigenvalue weighted by atomic mass is 10.2. The zero-order valence-corrected chi connectivity index (χ0v) is 13.2. The van der Waals surface area contributed by atoms with Crippen LogP contribution in [-0.2, 0) is 6.18 Å². The van der Waals surface area contributed by atoms with Crippen LogP contribution in [0.3, 0.4) is 0 Å². The second-order valence-corrected chi connectivity index (χ2v) is 5.21. The molecule has 3 aromatic rings. The van der Waals surface area contributed by atoms with Gasteiger partial charge in [0, 0.05) is 0 Å². The second kappa shape index (κ2) is 6.87. The van der Waals surface area contributed by atoms with E-state index in [0.717, 1.165) is 12.1 Å². The van der Waals surface area contributed by atoms with Gasteiger partial charge in [-0.25, -0.2) is 13.9 Å². The highest BCUT2D eigenvalue weighted by molar-refractivity contribution is 5.90. The van der Waals surface area contributed by atoms with E-state index in [9.17, 15) is 22.4 Å². The molecular formula is C17H8F4N4O2. The molecule has 0 aliphatic carbocycles. The first-order valence-electron chi connectivity index (χ1n) is 7.31. The smallest absolute Gasteiger partial charge is 0.422 e. The van der Waals surface area contributed by atoms with Crippen LogP contribution in [0.5, 0.6) is 5.75 Å². The Balaban J connectivity index is 2.03. The van der Waals surface area contributed by atoms with Crippen LogP contribution in [0.25, 0.3) is 5.69 Å². The van der Waals surface area contributed by atoms with Gasteiger partial charge < -0.3 is 4.74 Å². The number of hydrogen-bond acceptors (Lipinski definition) is 5. The first-order chi connectivity index (χ1) is 12.8. The number of benzene rings is 2. The fraction of sp³-hybridized carbons (Fsp3) is 0.0588. The summed E-state index contributed by atoms with van der Waals surface area (Å²) in [6.07, 6.45) is -5.02. The molecule has 0 unspecified atom stereocenters. The van der Waals surface area contributed by atoms with Crippen LogP contribution in [-0.4, -0.2) is 21.0 Å². The number of nitrogens with zero attached hydrogens (tertiary/aromatic N) is 4. The molecule has 136 valence electrons. The van der Waals surface area contributed by atoms with Crippen molar-refractivity contribution in [3.63, 3.8) is 0 Å². The van der Waals surface area contributed by atoms with Gasteiger partial charge in [0.1, 0.15) is 11.6 Å². The van der Waals surface area contributed by atoms with E-state index in [-0.39, 0.29) is 17.0 Å². The molecule has 3 rings (SSSR count). The number of carbonyl (C=O) groups is 1. The standard InChI is InChI=1S/C17H8F4N4O2/c18-11-4-2-5-12(8-11)25-15(17(19,20)21)14(23-24-25)16(26)27-13-6-1-3-10(7-13)9-22/h1-8H. The Hall–Kier alpha value is -3.74. The number of halogens is 4. The van der Waals surface area contributed by atoms with Crippen LogP contribution in [0.15, 0.2) is 48.5 Å². The number of esters is 1. The molecule has 0 N–H and O–H groups in total. The van der Waals surface area contributed by atoms with Crippen LogP contribution in [0, 0.1) is 17.1 Å². The van der Waals surface area contributed by atoms with Crippen molar-refractivity contribution in [2.45, 2.75) is 6.18 Å². The summed E-state index contributed by atoms with van der Waals surface area (Å²) in [7, 11) is 0. The quantitative estimate of drug-likeness (QED) is 0.397. The van der Waals surface area contributed by atoms with Crippen molar-refractivity contribution in [3.8, 4) is 17.5 Å². The number of nitriles is 1. The highest BCUT2D eigenvalue weighted by Crippen LogP contribution is 2.33. The van der Waals surface area contributed by atoms with Crippen molar-refractivity contribution in [1.29, 1.82) is 5.26 Å². The van der Waals surface area contributed by atoms with Gasteiger partial charge in [0.2, 0.25) is 5.69 Å². The Kier molecular flexibility index (Phi) is 4.60. The summed E-state index contributed by atoms with van der Waals surface area (Å²) in [6.45, 7) is 0. The van der Waals surface area contributed by atoms with Gasteiger partial charge in [-0.15, -0.1) is 5.10 Å². The molecule has 0 atom stereocenters. The number of aromatic nitrogens is 3. The Bertz CT molecular complexity index is 1050. The van der Waals surface area contributed by atoms with Gasteiger partial charge in [0.15, 0.2) is 5.69 Å². The monoisotopic (exact) mass is 376 g/mol. The molecule has 10 heteroatoms. The number of carbonyl (C=O) groups excluding carboxylic acids is 1. The summed E-state index contributed by atoms with van der Waals surface area (Å²) in [5.74, 6) is -2.33. The highest BCUT2D eigenvalue weighted by atomic mass is 19.4. The molecule has 6 nitrogen and oxygen atoms in total. The molecule has 27 heavy (non-hydrogen) atoms. The number of alkyl halides is 3. The van der Waals surface area contributed by atoms with E-state index >= 15 is 0 Å². The molecular weight excluding hydrogens is 368 g/mol. The highest BCUT2D eigenvalue weighted by Gasteiger charge is 2.42. The van der Waals surface area contributed by atoms with Crippen molar-refractivity contribution in [3.05, 3.63) is 71.3 Å². The summed E-state index contributed by atoms with van der Waals surface area (Å²) < 4.78 is 59.0. The summed E-state index contributed by atoms with van der Waals surface area (Å²) in [4.78, 5) is 12.2. The van der Waals surface area contributed by atoms with Crippen molar-refractivity contribution < 1.29 is 27.1 Å². The van der Waals surface area contributed by atoms with Crippen LogP contribution < -0.4 is 4.74 Å². The minimum absolute atomic E-state index is 0.132. The van der Waals surface area contributed by atoms with E-state index in [1.165, 1.54) is 36.4 Å². The third-order valence-electron chi connectivity index (χ3n) is 3.36. The molecule has 0 bridgehead atoms. The van der Waals surface area contributed by atoms with E-state index in [2.05, 4.69) is 10.3 Å². The first kappa shape index (κ1) is 18.1. The molecule has 0 saturated heterocycles. The molecule has 0 spiro atoms. The molecule has 1 heterocycles. The third-order valence-corrected chi connectivity index (χ3v) is 3.36. The third kappa shape index (κ3) is 3.77. The van der Waals surface area contributed by atoms with E-state index in [1.54, 1.807) is 0 Å². The molecule has 0 aliphatic heterocycles. The zero-order valence-electron chi connectivity index (χ0n) is 13.2. The van der Waals surface area contributed by atoms with Crippen molar-refractivity contribution in [2.75, 3.05) is 0 Å². The van der Waals surface area contributed by atoms with Gasteiger partial charge in [-0.2, -0.15) is 18.4 Å². The summed E-state index contributed by atoms with van der Waals surface area (Å²) >= 11 is 0. The molecule has 2 aromatic carbocycles. The van der Waals surface area contributed by atoms with Gasteiger partial charge in [-0.3, -0.25) is 0 Å². The van der Waals surface area contributed by atoms with Crippen molar-refractivity contribution in [1.82, 2.24) is 15.0 Å². The van der Waals surface area contributed by atoms with E-state index in [1.807, 2.05) is 6.07 Å². The van der Waals surface area contributed by atoms with Crippen LogP contribution >= 0.6 is 0 Å². The fourth-order valence-electron chi connectivity index (χ4n) is 2.25. The van der Waals surface area contributed by atoms with Crippen LogP contribution in [0.1, 0.15) is 21.7 Å². The maximum absolute atomic E-state index is 13.5. The SMILES string of the molecule is N#Cc1cccc(OC(=O)c2nnn(-c3cccc(F)c3)c2C(F)(F)F)c1. The lowest BCUT2D eigenvalue weighted by Crippen LogP contribution is -2.20. The Labute approximate surface area is 149 Å². The minimum atomic E-state index is -5.02. The second-order valence-electron chi connectivity index (χ2n) is 5.21. The lowest BCUT2D eigenvalue weighted by molar-refractivity contribution is -0.143. The van der Waals surface area contributed by atoms with Crippen molar-refractivity contribution >= 4 is 5.97 Å². The maximum Gasteiger partial charge on any atom is 0.436 e. The average Bonchev–Trinajstić information content (AvgIpc) is 3.07. The van der Waals surface area contributed by atoms with Gasteiger partial charge in [-0.1, -0.05) is 17.3 Å². The van der Waals surface area contributed by atoms with Gasteiger partial charge >= 0.3 is 12.1 Å². The molecule has 0 saturated carbocycles. The largest absolute Gasteiger partial charge is 0.436 e. The van der Waals surface area contributed by atoms with Crippen LogP contribution in [0.2, 0.25) is 0 Å². The van der Waals surface area contributed by atoms with Gasteiger partial charge in [-0.05, 0) is 36.4 Å². The first-order valence-corrected chi connectivity index (χ1v) is 7.31. The van der Waals surface area contributed by atoms with Crippen molar-refractivity contribution in [2.24, 2.45) is 0 Å². The topological polar surface area (TPSA) is 80.8 Å². The molecule has 1 aromatic heterocycles. The predicted molar refractivity (Wildman–Crippen MR) is 82.4 cm³/mol. The summed E-state index contributed by atoms with van der Waals surface area (Å²) in [5.41, 5.74) is -2.70. The molecule has 0 radical (unpaired) electrons. The normalized spacial score (nSPS) is 11.1. The summed E-state index contributed by atoms with van der Waals surface area (Å²) in [6, 6.07) is 11.3. The van der Waals surface area contributed by atoms with Gasteiger partial charge in [0.25, 0.3) is 0 Å². The minimum Gasteiger partial charge on any atom is -0.422 e. The van der Waals surface area contributed by atoms with E-state index < -0.39 is 29.4 Å². The molecule has 0 fully saturated rings. The number of rotatable bonds is 3. The predicted octanol–water partition coefficient (Wildman–Crippen LogP) is 3.52. The van der Waals surface area contributed by atoms with E-state index in [4.69, 9.17) is 10.00 Å². The molecule has 0 amide bonds. The zero-order chi connectivity index (χ0) is 19.6. The Morgan fingerprint density at radius 3 is 2.56 bits per heavy atom. The maximum atomic E-state index is 13.5. The fourth-order valence-corrected chi connectivity index (χ4v) is 2.25. The van der Waals surface area contributed by atoms with Gasteiger partial charge in [0.05, 0.1) is 17.3 Å². The summed E-state index contributed by atoms with van der Waals surface area (Å²) in [5, 5.41) is 15.4. The Morgan fingerprint density at radius 1 is 1.15 bits per heavy atom. The number of hydrogen-bond donors (Lipinski definition) is 0. The average molecular weight is 376 g/mol. The number of ether oxygens (including phenoxy) is 1. The molecule has 0 aliphatic rings. The Morgan fingerprint density at radius 2 is 1.89 bits per heavy atom. The van der Waals surface area contributed by atoms with E-state index in [0.29, 0.717) is 4.68 Å².